The van der Waals surface area contributed by atoms with Crippen molar-refractivity contribution in [1.29, 1.82) is 0 Å². The van der Waals surface area contributed by atoms with Crippen LogP contribution in [0.15, 0.2) is 77.7 Å². The van der Waals surface area contributed by atoms with E-state index in [1.165, 1.54) is 6.07 Å². The number of urea groups is 1. The molecule has 8 nitrogen and oxygen atoms in total. The molecule has 2 aliphatic heterocycles. The van der Waals surface area contributed by atoms with E-state index < -0.39 is 27.3 Å². The van der Waals surface area contributed by atoms with E-state index >= 15 is 0 Å². The van der Waals surface area contributed by atoms with Crippen LogP contribution in [-0.4, -0.2) is 38.9 Å². The van der Waals surface area contributed by atoms with Gasteiger partial charge in [-0.2, -0.15) is 0 Å². The fourth-order valence-corrected chi connectivity index (χ4v) is 6.28. The van der Waals surface area contributed by atoms with E-state index in [4.69, 9.17) is 4.74 Å². The van der Waals surface area contributed by atoms with Crippen LogP contribution in [0, 0.1) is 0 Å². The SMILES string of the molecule is CCOc1ccc(C(=O)N2CCc3cc(S(=O)(=O)C4NC(=O)NC4c4ccccc4)ccc32)cc1. The Hall–Kier alpha value is -3.85. The summed E-state index contributed by atoms with van der Waals surface area (Å²) >= 11 is 0. The summed E-state index contributed by atoms with van der Waals surface area (Å²) < 4.78 is 32.5. The Morgan fingerprint density at radius 2 is 1.77 bits per heavy atom. The first-order chi connectivity index (χ1) is 16.9. The molecule has 1 fully saturated rings. The minimum absolute atomic E-state index is 0.113. The first kappa shape index (κ1) is 22.9. The molecule has 2 heterocycles. The number of fused-ring (bicyclic) bond motifs is 1. The summed E-state index contributed by atoms with van der Waals surface area (Å²) in [5.41, 5.74) is 2.70. The highest BCUT2D eigenvalue weighted by atomic mass is 32.2. The molecule has 3 amide bonds. The molecular weight excluding hydrogens is 466 g/mol. The number of amides is 3. The van der Waals surface area contributed by atoms with Gasteiger partial charge in [0.25, 0.3) is 5.91 Å². The maximum absolute atomic E-state index is 13.5. The van der Waals surface area contributed by atoms with Crippen molar-refractivity contribution in [2.24, 2.45) is 0 Å². The lowest BCUT2D eigenvalue weighted by Crippen LogP contribution is -2.36. The lowest BCUT2D eigenvalue weighted by molar-refractivity contribution is 0.0989. The van der Waals surface area contributed by atoms with E-state index in [1.54, 1.807) is 65.6 Å². The van der Waals surface area contributed by atoms with E-state index in [-0.39, 0.29) is 10.8 Å². The van der Waals surface area contributed by atoms with Crippen molar-refractivity contribution >= 4 is 27.5 Å². The van der Waals surface area contributed by atoms with E-state index in [1.807, 2.05) is 13.0 Å². The second kappa shape index (κ2) is 9.07. The Kier molecular flexibility index (Phi) is 5.94. The van der Waals surface area contributed by atoms with Crippen LogP contribution in [0.25, 0.3) is 0 Å². The van der Waals surface area contributed by atoms with Crippen molar-refractivity contribution in [2.45, 2.75) is 29.7 Å². The molecule has 180 valence electrons. The van der Waals surface area contributed by atoms with Gasteiger partial charge in [0.2, 0.25) is 9.84 Å². The summed E-state index contributed by atoms with van der Waals surface area (Å²) in [5, 5.41) is 4.13. The van der Waals surface area contributed by atoms with Crippen LogP contribution in [0.5, 0.6) is 5.75 Å². The highest BCUT2D eigenvalue weighted by Crippen LogP contribution is 2.34. The van der Waals surface area contributed by atoms with Crippen LogP contribution >= 0.6 is 0 Å². The van der Waals surface area contributed by atoms with Gasteiger partial charge in [-0.15, -0.1) is 0 Å². The van der Waals surface area contributed by atoms with Gasteiger partial charge in [0.1, 0.15) is 5.75 Å². The maximum atomic E-state index is 13.5. The number of rotatable bonds is 6. The molecule has 35 heavy (non-hydrogen) atoms. The van der Waals surface area contributed by atoms with E-state index in [9.17, 15) is 18.0 Å². The Morgan fingerprint density at radius 1 is 1.03 bits per heavy atom. The van der Waals surface area contributed by atoms with Gasteiger partial charge in [-0.05, 0) is 66.9 Å². The molecule has 2 atom stereocenters. The summed E-state index contributed by atoms with van der Waals surface area (Å²) in [6.45, 7) is 2.90. The molecule has 2 N–H and O–H groups in total. The zero-order valence-corrected chi connectivity index (χ0v) is 19.9. The zero-order valence-electron chi connectivity index (χ0n) is 19.1. The molecule has 2 unspecified atom stereocenters. The van der Waals surface area contributed by atoms with Crippen LogP contribution in [-0.2, 0) is 16.3 Å². The molecule has 3 aromatic carbocycles. The van der Waals surface area contributed by atoms with Crippen molar-refractivity contribution in [1.82, 2.24) is 10.6 Å². The number of carbonyl (C=O) groups excluding carboxylic acids is 2. The van der Waals surface area contributed by atoms with E-state index in [2.05, 4.69) is 10.6 Å². The standard InChI is InChI=1S/C26H25N3O5S/c1-2-34-20-10-8-18(9-11-20)25(30)29-15-14-19-16-21(12-13-22(19)29)35(32,33)24-23(27-26(31)28-24)17-6-4-3-5-7-17/h3-13,16,23-24H,2,14-15H2,1H3,(H2,27,28,31). The van der Waals surface area contributed by atoms with Crippen molar-refractivity contribution < 1.29 is 22.7 Å². The number of nitrogens with zero attached hydrogens (tertiary/aromatic N) is 1. The van der Waals surface area contributed by atoms with Gasteiger partial charge < -0.3 is 20.3 Å². The highest BCUT2D eigenvalue weighted by molar-refractivity contribution is 7.92. The van der Waals surface area contributed by atoms with Gasteiger partial charge in [0, 0.05) is 17.8 Å². The predicted octanol–water partition coefficient (Wildman–Crippen LogP) is 3.44. The maximum Gasteiger partial charge on any atom is 0.316 e. The van der Waals surface area contributed by atoms with Crippen LogP contribution in [0.3, 0.4) is 0 Å². The number of nitrogens with one attached hydrogen (secondary N) is 2. The van der Waals surface area contributed by atoms with Crippen molar-refractivity contribution in [2.75, 3.05) is 18.1 Å². The minimum Gasteiger partial charge on any atom is -0.494 e. The normalized spacial score (nSPS) is 19.1. The number of ether oxygens (including phenoxy) is 1. The Bertz CT molecular complexity index is 1370. The van der Waals surface area contributed by atoms with Crippen LogP contribution in [0.2, 0.25) is 0 Å². The monoisotopic (exact) mass is 491 g/mol. The smallest absolute Gasteiger partial charge is 0.316 e. The third kappa shape index (κ3) is 4.23. The second-order valence-corrected chi connectivity index (χ2v) is 10.5. The third-order valence-electron chi connectivity index (χ3n) is 6.29. The predicted molar refractivity (Wildman–Crippen MR) is 131 cm³/mol. The molecule has 5 rings (SSSR count). The van der Waals surface area contributed by atoms with Gasteiger partial charge in [0.05, 0.1) is 17.5 Å². The van der Waals surface area contributed by atoms with Gasteiger partial charge in [0.15, 0.2) is 5.37 Å². The topological polar surface area (TPSA) is 105 Å². The summed E-state index contributed by atoms with van der Waals surface area (Å²) in [4.78, 5) is 27.0. The summed E-state index contributed by atoms with van der Waals surface area (Å²) in [7, 11) is -3.90. The second-order valence-electron chi connectivity index (χ2n) is 8.43. The molecular formula is C26H25N3O5S. The molecule has 0 bridgehead atoms. The first-order valence-electron chi connectivity index (χ1n) is 11.4. The zero-order chi connectivity index (χ0) is 24.6. The average Bonchev–Trinajstić information content (AvgIpc) is 3.48. The molecule has 0 saturated carbocycles. The molecule has 0 aromatic heterocycles. The average molecular weight is 492 g/mol. The van der Waals surface area contributed by atoms with Gasteiger partial charge in [-0.3, -0.25) is 4.79 Å². The van der Waals surface area contributed by atoms with Crippen molar-refractivity contribution in [3.8, 4) is 5.75 Å². The number of benzene rings is 3. The van der Waals surface area contributed by atoms with Gasteiger partial charge in [-0.25, -0.2) is 13.2 Å². The van der Waals surface area contributed by atoms with Gasteiger partial charge in [-0.1, -0.05) is 30.3 Å². The fourth-order valence-electron chi connectivity index (χ4n) is 4.58. The van der Waals surface area contributed by atoms with Crippen molar-refractivity contribution in [3.05, 3.63) is 89.5 Å². The minimum atomic E-state index is -3.90. The highest BCUT2D eigenvalue weighted by Gasteiger charge is 2.43. The quantitative estimate of drug-likeness (QED) is 0.550. The summed E-state index contributed by atoms with van der Waals surface area (Å²) in [6.07, 6.45) is 0.541. The molecule has 9 heteroatoms. The van der Waals surface area contributed by atoms with Crippen LogP contribution < -0.4 is 20.3 Å². The lowest BCUT2D eigenvalue weighted by atomic mass is 10.1. The van der Waals surface area contributed by atoms with Crippen molar-refractivity contribution in [3.63, 3.8) is 0 Å². The molecule has 0 aliphatic carbocycles. The lowest BCUT2D eigenvalue weighted by Gasteiger charge is -2.20. The fraction of sp³-hybridized carbons (Fsp3) is 0.231. The molecule has 0 radical (unpaired) electrons. The number of hydrogen-bond donors (Lipinski definition) is 2. The number of anilines is 1. The number of hydrogen-bond acceptors (Lipinski definition) is 5. The molecule has 2 aliphatic rings. The van der Waals surface area contributed by atoms with Crippen LogP contribution in [0.1, 0.15) is 34.5 Å². The third-order valence-corrected chi connectivity index (χ3v) is 8.26. The van der Waals surface area contributed by atoms with Crippen LogP contribution in [0.4, 0.5) is 10.5 Å². The first-order valence-corrected chi connectivity index (χ1v) is 13.0. The van der Waals surface area contributed by atoms with Gasteiger partial charge >= 0.3 is 6.03 Å². The number of carbonyl (C=O) groups is 2. The Balaban J connectivity index is 1.41. The molecule has 1 saturated heterocycles. The molecule has 0 spiro atoms. The number of sulfone groups is 1. The van der Waals surface area contributed by atoms with E-state index in [0.29, 0.717) is 42.1 Å². The summed E-state index contributed by atoms with van der Waals surface area (Å²) in [5.74, 6) is 0.543. The Labute approximate surface area is 203 Å². The largest absolute Gasteiger partial charge is 0.494 e. The van der Waals surface area contributed by atoms with E-state index in [0.717, 1.165) is 5.56 Å². The summed E-state index contributed by atoms with van der Waals surface area (Å²) in [6, 6.07) is 19.5. The Morgan fingerprint density at radius 3 is 2.49 bits per heavy atom. The molecule has 3 aromatic rings.